The summed E-state index contributed by atoms with van der Waals surface area (Å²) in [5.41, 5.74) is 1.25. The van der Waals surface area contributed by atoms with Crippen molar-refractivity contribution in [3.05, 3.63) is 53.3 Å². The van der Waals surface area contributed by atoms with Crippen LogP contribution in [-0.2, 0) is 13.1 Å². The van der Waals surface area contributed by atoms with Gasteiger partial charge >= 0.3 is 0 Å². The highest BCUT2D eigenvalue weighted by Gasteiger charge is 2.19. The fraction of sp³-hybridized carbons (Fsp3) is 0.471. The molecule has 1 aliphatic heterocycles. The number of aromatic nitrogens is 2. The zero-order chi connectivity index (χ0) is 16.1. The molecule has 0 unspecified atom stereocenters. The summed E-state index contributed by atoms with van der Waals surface area (Å²) in [6.45, 7) is 6.18. The first-order chi connectivity index (χ1) is 11.2. The molecular weight excluding hydrogens is 312 g/mol. The van der Waals surface area contributed by atoms with E-state index in [1.54, 1.807) is 10.9 Å². The van der Waals surface area contributed by atoms with Gasteiger partial charge in [-0.1, -0.05) is 23.7 Å². The number of piperazine rings is 1. The molecule has 3 rings (SSSR count). The molecule has 23 heavy (non-hydrogen) atoms. The predicted octanol–water partition coefficient (Wildman–Crippen LogP) is 1.72. The van der Waals surface area contributed by atoms with Gasteiger partial charge < -0.3 is 5.11 Å². The summed E-state index contributed by atoms with van der Waals surface area (Å²) < 4.78 is 1.78. The van der Waals surface area contributed by atoms with Crippen LogP contribution in [-0.4, -0.2) is 63.5 Å². The van der Waals surface area contributed by atoms with Gasteiger partial charge in [0.25, 0.3) is 0 Å². The van der Waals surface area contributed by atoms with Gasteiger partial charge in [-0.05, 0) is 23.8 Å². The van der Waals surface area contributed by atoms with Gasteiger partial charge in [-0.2, -0.15) is 5.10 Å². The third kappa shape index (κ3) is 5.04. The fourth-order valence-electron chi connectivity index (χ4n) is 3.00. The van der Waals surface area contributed by atoms with Crippen molar-refractivity contribution in [2.24, 2.45) is 0 Å². The predicted molar refractivity (Wildman–Crippen MR) is 91.4 cm³/mol. The molecule has 2 aromatic rings. The highest BCUT2D eigenvalue weighted by atomic mass is 35.5. The molecule has 1 aliphatic rings. The van der Waals surface area contributed by atoms with Crippen LogP contribution in [0, 0.1) is 0 Å². The molecule has 124 valence electrons. The van der Waals surface area contributed by atoms with E-state index in [9.17, 15) is 5.11 Å². The second-order valence-electron chi connectivity index (χ2n) is 6.09. The number of hydrogen-bond donors (Lipinski definition) is 1. The average molecular weight is 335 g/mol. The van der Waals surface area contributed by atoms with Crippen LogP contribution in [0.15, 0.2) is 42.7 Å². The maximum absolute atomic E-state index is 10.2. The molecule has 0 radical (unpaired) electrons. The third-order valence-electron chi connectivity index (χ3n) is 4.19. The van der Waals surface area contributed by atoms with Crippen LogP contribution in [0.2, 0.25) is 5.02 Å². The number of aliphatic hydroxyl groups is 1. The van der Waals surface area contributed by atoms with Gasteiger partial charge in [-0.15, -0.1) is 0 Å². The Hall–Kier alpha value is -1.40. The molecular formula is C17H23ClN4O. The van der Waals surface area contributed by atoms with E-state index in [1.807, 2.05) is 30.5 Å². The summed E-state index contributed by atoms with van der Waals surface area (Å²) in [4.78, 5) is 4.75. The number of nitrogens with zero attached hydrogens (tertiary/aromatic N) is 4. The van der Waals surface area contributed by atoms with Crippen molar-refractivity contribution in [1.29, 1.82) is 0 Å². The third-order valence-corrected chi connectivity index (χ3v) is 4.42. The second kappa shape index (κ2) is 7.93. The monoisotopic (exact) mass is 334 g/mol. The summed E-state index contributed by atoms with van der Waals surface area (Å²) in [7, 11) is 0. The Morgan fingerprint density at radius 3 is 2.57 bits per heavy atom. The Morgan fingerprint density at radius 1 is 1.09 bits per heavy atom. The Kier molecular flexibility index (Phi) is 5.67. The van der Waals surface area contributed by atoms with Crippen molar-refractivity contribution in [2.75, 3.05) is 32.7 Å². The molecule has 0 bridgehead atoms. The minimum atomic E-state index is -0.380. The Bertz CT molecular complexity index is 596. The van der Waals surface area contributed by atoms with Crippen molar-refractivity contribution < 1.29 is 5.11 Å². The van der Waals surface area contributed by atoms with E-state index in [1.165, 1.54) is 5.56 Å². The molecule has 1 aromatic heterocycles. The van der Waals surface area contributed by atoms with Gasteiger partial charge in [0.15, 0.2) is 0 Å². The van der Waals surface area contributed by atoms with Gasteiger partial charge in [-0.3, -0.25) is 14.5 Å². The van der Waals surface area contributed by atoms with Gasteiger partial charge in [0.1, 0.15) is 0 Å². The lowest BCUT2D eigenvalue weighted by molar-refractivity contribution is 0.0605. The van der Waals surface area contributed by atoms with E-state index in [4.69, 9.17) is 11.6 Å². The Morgan fingerprint density at radius 2 is 1.87 bits per heavy atom. The van der Waals surface area contributed by atoms with E-state index in [0.29, 0.717) is 13.1 Å². The molecule has 0 saturated carbocycles. The largest absolute Gasteiger partial charge is 0.390 e. The molecule has 5 nitrogen and oxygen atoms in total. The highest BCUT2D eigenvalue weighted by Crippen LogP contribution is 2.14. The minimum Gasteiger partial charge on any atom is -0.390 e. The maximum Gasteiger partial charge on any atom is 0.0862 e. The standard InChI is InChI=1S/C17H23ClN4O/c18-16-4-1-3-15(11-16)12-20-7-9-21(10-8-20)13-17(23)14-22-6-2-5-19-22/h1-6,11,17,23H,7-10,12-14H2/t17-/m0/s1. The number of aliphatic hydroxyl groups excluding tert-OH is 1. The molecule has 1 atom stereocenters. The molecule has 1 aromatic carbocycles. The molecule has 1 N–H and O–H groups in total. The first-order valence-corrected chi connectivity index (χ1v) is 8.41. The first kappa shape index (κ1) is 16.5. The van der Waals surface area contributed by atoms with Gasteiger partial charge in [0.05, 0.1) is 12.6 Å². The summed E-state index contributed by atoms with van der Waals surface area (Å²) in [6, 6.07) is 9.93. The SMILES string of the molecule is O[C@@H](CN1CCN(Cc2cccc(Cl)c2)CC1)Cn1cccn1. The van der Waals surface area contributed by atoms with Crippen LogP contribution in [0.1, 0.15) is 5.56 Å². The number of β-amino-alcohol motifs (C(OH)–C–C–N with tert-alkyl or cyclic N) is 1. The number of halogens is 1. The Balaban J connectivity index is 1.41. The summed E-state index contributed by atoms with van der Waals surface area (Å²) in [6.07, 6.45) is 3.24. The molecule has 2 heterocycles. The quantitative estimate of drug-likeness (QED) is 0.873. The van der Waals surface area contributed by atoms with Crippen LogP contribution in [0.4, 0.5) is 0 Å². The smallest absolute Gasteiger partial charge is 0.0862 e. The maximum atomic E-state index is 10.2. The van der Waals surface area contributed by atoms with E-state index in [-0.39, 0.29) is 6.10 Å². The topological polar surface area (TPSA) is 44.5 Å². The lowest BCUT2D eigenvalue weighted by Crippen LogP contribution is -2.48. The Labute approximate surface area is 142 Å². The van der Waals surface area contributed by atoms with Crippen LogP contribution in [0.3, 0.4) is 0 Å². The van der Waals surface area contributed by atoms with Crippen LogP contribution < -0.4 is 0 Å². The summed E-state index contributed by atoms with van der Waals surface area (Å²) in [5.74, 6) is 0. The van der Waals surface area contributed by atoms with Crippen molar-refractivity contribution in [3.8, 4) is 0 Å². The minimum absolute atomic E-state index is 0.380. The fourth-order valence-corrected chi connectivity index (χ4v) is 3.22. The molecule has 0 aliphatic carbocycles. The van der Waals surface area contributed by atoms with Crippen LogP contribution in [0.25, 0.3) is 0 Å². The van der Waals surface area contributed by atoms with Gasteiger partial charge in [0, 0.05) is 56.7 Å². The van der Waals surface area contributed by atoms with E-state index < -0.39 is 0 Å². The van der Waals surface area contributed by atoms with Crippen LogP contribution >= 0.6 is 11.6 Å². The van der Waals surface area contributed by atoms with E-state index in [2.05, 4.69) is 21.0 Å². The highest BCUT2D eigenvalue weighted by molar-refractivity contribution is 6.30. The lowest BCUT2D eigenvalue weighted by atomic mass is 10.2. The van der Waals surface area contributed by atoms with Crippen molar-refractivity contribution in [2.45, 2.75) is 19.2 Å². The summed E-state index contributed by atoms with van der Waals surface area (Å²) >= 11 is 6.04. The second-order valence-corrected chi connectivity index (χ2v) is 6.53. The first-order valence-electron chi connectivity index (χ1n) is 8.04. The zero-order valence-corrected chi connectivity index (χ0v) is 13.9. The normalized spacial score (nSPS) is 18.2. The van der Waals surface area contributed by atoms with Gasteiger partial charge in [-0.25, -0.2) is 0 Å². The molecule has 0 spiro atoms. The number of hydrogen-bond acceptors (Lipinski definition) is 4. The van der Waals surface area contributed by atoms with Crippen LogP contribution in [0.5, 0.6) is 0 Å². The molecule has 6 heteroatoms. The zero-order valence-electron chi connectivity index (χ0n) is 13.2. The van der Waals surface area contributed by atoms with Gasteiger partial charge in [0.2, 0.25) is 0 Å². The molecule has 1 fully saturated rings. The average Bonchev–Trinajstić information content (AvgIpc) is 3.02. The number of rotatable bonds is 6. The van der Waals surface area contributed by atoms with Crippen molar-refractivity contribution in [3.63, 3.8) is 0 Å². The van der Waals surface area contributed by atoms with Crippen molar-refractivity contribution in [1.82, 2.24) is 19.6 Å². The van der Waals surface area contributed by atoms with E-state index >= 15 is 0 Å². The molecule has 0 amide bonds. The lowest BCUT2D eigenvalue weighted by Gasteiger charge is -2.35. The van der Waals surface area contributed by atoms with Crippen molar-refractivity contribution >= 4 is 11.6 Å². The van der Waals surface area contributed by atoms with E-state index in [0.717, 1.165) is 37.7 Å². The summed E-state index contributed by atoms with van der Waals surface area (Å²) in [5, 5.41) is 15.1. The number of benzene rings is 1. The molecule has 1 saturated heterocycles.